The van der Waals surface area contributed by atoms with Crippen LogP contribution in [0.3, 0.4) is 0 Å². The third-order valence-corrected chi connectivity index (χ3v) is 6.97. The Morgan fingerprint density at radius 3 is 2.42 bits per heavy atom. The second-order valence-corrected chi connectivity index (χ2v) is 10.0. The van der Waals surface area contributed by atoms with Crippen LogP contribution in [-0.2, 0) is 14.6 Å². The Balaban J connectivity index is 1.56. The van der Waals surface area contributed by atoms with Crippen LogP contribution >= 0.6 is 0 Å². The SMILES string of the molecule is Cc1cccnc1N1CCN(C(=O)c2ccc(N3CCCC3=O)cc2S(C)(=O)=O)CC1. The van der Waals surface area contributed by atoms with Crippen LogP contribution < -0.4 is 9.80 Å². The maximum Gasteiger partial charge on any atom is 0.255 e. The molecule has 2 aliphatic heterocycles. The van der Waals surface area contributed by atoms with Gasteiger partial charge >= 0.3 is 0 Å². The summed E-state index contributed by atoms with van der Waals surface area (Å²) in [6.45, 7) is 4.76. The molecule has 0 saturated carbocycles. The van der Waals surface area contributed by atoms with Crippen LogP contribution in [0.15, 0.2) is 41.4 Å². The van der Waals surface area contributed by atoms with Crippen LogP contribution in [-0.4, -0.2) is 69.1 Å². The van der Waals surface area contributed by atoms with Gasteiger partial charge in [-0.3, -0.25) is 9.59 Å². The topological polar surface area (TPSA) is 90.9 Å². The number of aryl methyl sites for hydroxylation is 1. The number of benzene rings is 1. The molecule has 1 aromatic heterocycles. The number of amides is 2. The molecule has 0 N–H and O–H groups in total. The Hall–Kier alpha value is -2.94. The number of rotatable bonds is 4. The van der Waals surface area contributed by atoms with Gasteiger partial charge in [-0.25, -0.2) is 13.4 Å². The van der Waals surface area contributed by atoms with Crippen LogP contribution in [0.2, 0.25) is 0 Å². The van der Waals surface area contributed by atoms with Gasteiger partial charge in [-0.15, -0.1) is 0 Å². The summed E-state index contributed by atoms with van der Waals surface area (Å²) in [4.78, 5) is 35.1. The van der Waals surface area contributed by atoms with E-state index < -0.39 is 9.84 Å². The number of carbonyl (C=O) groups is 2. The van der Waals surface area contributed by atoms with Gasteiger partial charge in [-0.05, 0) is 43.2 Å². The summed E-state index contributed by atoms with van der Waals surface area (Å²) in [5.74, 6) is 0.572. The summed E-state index contributed by atoms with van der Waals surface area (Å²) in [7, 11) is -3.65. The molecule has 0 spiro atoms. The first-order valence-corrected chi connectivity index (χ1v) is 12.2. The lowest BCUT2D eigenvalue weighted by atomic mass is 10.1. The molecule has 9 heteroatoms. The highest BCUT2D eigenvalue weighted by Gasteiger charge is 2.29. The zero-order valence-corrected chi connectivity index (χ0v) is 18.6. The quantitative estimate of drug-likeness (QED) is 0.718. The highest BCUT2D eigenvalue weighted by Crippen LogP contribution is 2.28. The molecular formula is C22H26N4O4S. The lowest BCUT2D eigenvalue weighted by Gasteiger charge is -2.36. The van der Waals surface area contributed by atoms with Gasteiger partial charge in [0, 0.05) is 57.3 Å². The van der Waals surface area contributed by atoms with E-state index in [1.165, 1.54) is 12.1 Å². The third kappa shape index (κ3) is 4.27. The van der Waals surface area contributed by atoms with Gasteiger partial charge in [0.2, 0.25) is 5.91 Å². The third-order valence-electron chi connectivity index (χ3n) is 5.83. The summed E-state index contributed by atoms with van der Waals surface area (Å²) in [6, 6.07) is 8.56. The molecule has 31 heavy (non-hydrogen) atoms. The Bertz CT molecular complexity index is 1120. The van der Waals surface area contributed by atoms with Crippen LogP contribution in [0.4, 0.5) is 11.5 Å². The van der Waals surface area contributed by atoms with Crippen LogP contribution in [0.25, 0.3) is 0 Å². The number of hydrogen-bond donors (Lipinski definition) is 0. The van der Waals surface area contributed by atoms with Gasteiger partial charge in [-0.2, -0.15) is 0 Å². The maximum absolute atomic E-state index is 13.2. The smallest absolute Gasteiger partial charge is 0.255 e. The van der Waals surface area contributed by atoms with Crippen molar-refractivity contribution < 1.29 is 18.0 Å². The van der Waals surface area contributed by atoms with Crippen LogP contribution in [0.1, 0.15) is 28.8 Å². The fourth-order valence-corrected chi connectivity index (χ4v) is 5.07. The van der Waals surface area contributed by atoms with Crippen molar-refractivity contribution in [3.63, 3.8) is 0 Å². The minimum absolute atomic E-state index is 0.0283. The molecule has 2 aromatic rings. The molecule has 8 nitrogen and oxygen atoms in total. The average molecular weight is 443 g/mol. The van der Waals surface area contributed by atoms with E-state index in [0.29, 0.717) is 44.8 Å². The van der Waals surface area contributed by atoms with Gasteiger partial charge in [0.1, 0.15) is 5.82 Å². The lowest BCUT2D eigenvalue weighted by Crippen LogP contribution is -2.49. The summed E-state index contributed by atoms with van der Waals surface area (Å²) < 4.78 is 24.9. The number of anilines is 2. The molecule has 2 fully saturated rings. The average Bonchev–Trinajstić information content (AvgIpc) is 3.18. The molecule has 1 aromatic carbocycles. The van der Waals surface area contributed by atoms with E-state index in [0.717, 1.165) is 24.1 Å². The van der Waals surface area contributed by atoms with E-state index in [4.69, 9.17) is 0 Å². The van der Waals surface area contributed by atoms with E-state index in [2.05, 4.69) is 9.88 Å². The van der Waals surface area contributed by atoms with Crippen LogP contribution in [0.5, 0.6) is 0 Å². The first-order chi connectivity index (χ1) is 14.8. The summed E-state index contributed by atoms with van der Waals surface area (Å²) in [5.41, 5.74) is 1.75. The van der Waals surface area contributed by atoms with E-state index in [1.54, 1.807) is 22.1 Å². The molecular weight excluding hydrogens is 416 g/mol. The van der Waals surface area contributed by atoms with Crippen molar-refractivity contribution in [3.8, 4) is 0 Å². The maximum atomic E-state index is 13.2. The zero-order valence-electron chi connectivity index (χ0n) is 17.7. The van der Waals surface area contributed by atoms with E-state index >= 15 is 0 Å². The normalized spacial score (nSPS) is 17.4. The molecule has 164 valence electrons. The summed E-state index contributed by atoms with van der Waals surface area (Å²) >= 11 is 0. The number of nitrogens with zero attached hydrogens (tertiary/aromatic N) is 4. The highest BCUT2D eigenvalue weighted by atomic mass is 32.2. The van der Waals surface area contributed by atoms with E-state index in [1.807, 2.05) is 19.1 Å². The molecule has 2 aliphatic rings. The van der Waals surface area contributed by atoms with Gasteiger partial charge in [0.15, 0.2) is 9.84 Å². The largest absolute Gasteiger partial charge is 0.353 e. The molecule has 2 amide bonds. The molecule has 4 rings (SSSR count). The van der Waals surface area contributed by atoms with Gasteiger partial charge in [-0.1, -0.05) is 6.07 Å². The fraction of sp³-hybridized carbons (Fsp3) is 0.409. The number of carbonyl (C=O) groups excluding carboxylic acids is 2. The second kappa shape index (κ2) is 8.30. The van der Waals surface area contributed by atoms with Crippen molar-refractivity contribution in [2.24, 2.45) is 0 Å². The molecule has 0 unspecified atom stereocenters. The van der Waals surface area contributed by atoms with Gasteiger partial charge < -0.3 is 14.7 Å². The molecule has 0 radical (unpaired) electrons. The Morgan fingerprint density at radius 1 is 1.06 bits per heavy atom. The number of hydrogen-bond acceptors (Lipinski definition) is 6. The summed E-state index contributed by atoms with van der Waals surface area (Å²) in [5, 5.41) is 0. The van der Waals surface area contributed by atoms with Crippen LogP contribution in [0, 0.1) is 6.92 Å². The Morgan fingerprint density at radius 2 is 1.81 bits per heavy atom. The molecule has 0 aliphatic carbocycles. The molecule has 2 saturated heterocycles. The van der Waals surface area contributed by atoms with Crippen molar-refractivity contribution in [3.05, 3.63) is 47.7 Å². The Kier molecular flexibility index (Phi) is 5.70. The number of aromatic nitrogens is 1. The van der Waals surface area contributed by atoms with Crippen molar-refractivity contribution >= 4 is 33.2 Å². The van der Waals surface area contributed by atoms with Crippen molar-refractivity contribution in [2.75, 3.05) is 48.8 Å². The predicted octanol–water partition coefficient (Wildman–Crippen LogP) is 1.88. The zero-order chi connectivity index (χ0) is 22.2. The van der Waals surface area contributed by atoms with E-state index in [9.17, 15) is 18.0 Å². The minimum Gasteiger partial charge on any atom is -0.353 e. The van der Waals surface area contributed by atoms with Crippen molar-refractivity contribution in [2.45, 2.75) is 24.7 Å². The molecule has 0 atom stereocenters. The monoisotopic (exact) mass is 442 g/mol. The van der Waals surface area contributed by atoms with Gasteiger partial charge in [0.25, 0.3) is 5.91 Å². The standard InChI is InChI=1S/C22H26N4O4S/c1-16-5-3-9-23-21(16)24-11-13-25(14-12-24)22(28)18-8-7-17(15-19(18)31(2,29)30)26-10-4-6-20(26)27/h3,5,7-9,15H,4,6,10-14H2,1-2H3. The van der Waals surface area contributed by atoms with Crippen molar-refractivity contribution in [1.29, 1.82) is 0 Å². The summed E-state index contributed by atoms with van der Waals surface area (Å²) in [6.07, 6.45) is 4.05. The molecule has 0 bridgehead atoms. The first-order valence-electron chi connectivity index (χ1n) is 10.4. The van der Waals surface area contributed by atoms with Gasteiger partial charge in [0.05, 0.1) is 10.5 Å². The first kappa shape index (κ1) is 21.3. The molecule has 3 heterocycles. The van der Waals surface area contributed by atoms with E-state index in [-0.39, 0.29) is 22.3 Å². The Labute approximate surface area is 182 Å². The number of sulfone groups is 1. The van der Waals surface area contributed by atoms with Crippen molar-refractivity contribution in [1.82, 2.24) is 9.88 Å². The lowest BCUT2D eigenvalue weighted by molar-refractivity contribution is -0.117. The minimum atomic E-state index is -3.65. The number of pyridine rings is 1. The highest BCUT2D eigenvalue weighted by molar-refractivity contribution is 7.90. The predicted molar refractivity (Wildman–Crippen MR) is 118 cm³/mol. The second-order valence-electron chi connectivity index (χ2n) is 8.02. The fourth-order valence-electron chi connectivity index (χ4n) is 4.18. The number of piperazine rings is 1.